The molecule has 0 spiro atoms. The summed E-state index contributed by atoms with van der Waals surface area (Å²) in [5, 5.41) is 1.10. The fourth-order valence-electron chi connectivity index (χ4n) is 3.86. The summed E-state index contributed by atoms with van der Waals surface area (Å²) in [6.45, 7) is 0. The minimum absolute atomic E-state index is 0.118. The van der Waals surface area contributed by atoms with Gasteiger partial charge in [0.15, 0.2) is 0 Å². The molecule has 0 aromatic heterocycles. The van der Waals surface area contributed by atoms with Gasteiger partial charge < -0.3 is 11.1 Å². The van der Waals surface area contributed by atoms with E-state index in [1.54, 1.807) is 42.5 Å². The van der Waals surface area contributed by atoms with Crippen molar-refractivity contribution in [3.05, 3.63) is 78.4 Å². The standard InChI is InChI=1S/C23H18N2O10S3/c24-14-7-5-13(6-8-14)16-3-1-2-4-17(16)23(26)25-19-9-10-20(37(30,31)32)18-11-15(36(27,28)29)12-21(22(18)19)38(33,34)35/h1-12H,24H2,(H,25,26)(H,27,28,29)(H,30,31,32)(H,33,34,35). The number of carbonyl (C=O) groups is 1. The number of anilines is 2. The van der Waals surface area contributed by atoms with Crippen molar-refractivity contribution in [1.29, 1.82) is 0 Å². The molecule has 198 valence electrons. The quantitative estimate of drug-likeness (QED) is 0.165. The molecule has 0 aliphatic heterocycles. The highest BCUT2D eigenvalue weighted by Gasteiger charge is 2.27. The average molecular weight is 579 g/mol. The van der Waals surface area contributed by atoms with E-state index in [0.29, 0.717) is 28.9 Å². The molecule has 4 aromatic carbocycles. The summed E-state index contributed by atoms with van der Waals surface area (Å²) in [6.07, 6.45) is 0. The fraction of sp³-hybridized carbons (Fsp3) is 0. The maximum absolute atomic E-state index is 13.3. The van der Waals surface area contributed by atoms with Crippen LogP contribution in [-0.2, 0) is 30.4 Å². The molecule has 4 rings (SSSR count). The molecule has 4 aromatic rings. The molecule has 38 heavy (non-hydrogen) atoms. The van der Waals surface area contributed by atoms with Crippen molar-refractivity contribution < 1.29 is 43.7 Å². The van der Waals surface area contributed by atoms with Crippen molar-refractivity contribution in [2.24, 2.45) is 0 Å². The first kappa shape index (κ1) is 27.2. The van der Waals surface area contributed by atoms with Crippen molar-refractivity contribution in [2.45, 2.75) is 14.7 Å². The van der Waals surface area contributed by atoms with Crippen LogP contribution in [0.5, 0.6) is 0 Å². The zero-order valence-electron chi connectivity index (χ0n) is 18.9. The Hall–Kier alpha value is -3.86. The van der Waals surface area contributed by atoms with Crippen molar-refractivity contribution >= 4 is 58.4 Å². The number of carbonyl (C=O) groups excluding carboxylic acids is 1. The third-order valence-corrected chi connectivity index (χ3v) is 8.13. The van der Waals surface area contributed by atoms with Crippen molar-refractivity contribution in [1.82, 2.24) is 0 Å². The number of nitrogens with two attached hydrogens (primary N) is 1. The Bertz CT molecular complexity index is 1940. The lowest BCUT2D eigenvalue weighted by atomic mass is 9.98. The Balaban J connectivity index is 1.98. The van der Waals surface area contributed by atoms with Gasteiger partial charge in [0.2, 0.25) is 0 Å². The van der Waals surface area contributed by atoms with Crippen LogP contribution in [-0.4, -0.2) is 44.8 Å². The number of rotatable bonds is 6. The van der Waals surface area contributed by atoms with Crippen molar-refractivity contribution in [2.75, 3.05) is 11.1 Å². The minimum Gasteiger partial charge on any atom is -0.399 e. The number of hydrogen-bond acceptors (Lipinski definition) is 8. The molecule has 0 atom stereocenters. The van der Waals surface area contributed by atoms with E-state index in [2.05, 4.69) is 5.32 Å². The van der Waals surface area contributed by atoms with Crippen LogP contribution in [0, 0.1) is 0 Å². The maximum atomic E-state index is 13.3. The lowest BCUT2D eigenvalue weighted by molar-refractivity contribution is 0.102. The van der Waals surface area contributed by atoms with Crippen LogP contribution in [0.15, 0.2) is 87.5 Å². The van der Waals surface area contributed by atoms with Gasteiger partial charge in [-0.2, -0.15) is 25.3 Å². The highest BCUT2D eigenvalue weighted by Crippen LogP contribution is 2.37. The molecule has 15 heteroatoms. The normalized spacial score (nSPS) is 12.4. The first-order valence-corrected chi connectivity index (χ1v) is 14.7. The van der Waals surface area contributed by atoms with E-state index >= 15 is 0 Å². The van der Waals surface area contributed by atoms with Crippen molar-refractivity contribution in [3.63, 3.8) is 0 Å². The number of fused-ring (bicyclic) bond motifs is 1. The first-order valence-electron chi connectivity index (χ1n) is 10.4. The number of nitrogens with one attached hydrogen (secondary N) is 1. The van der Waals surface area contributed by atoms with Crippen LogP contribution in [0.25, 0.3) is 21.9 Å². The molecule has 6 N–H and O–H groups in total. The van der Waals surface area contributed by atoms with Crippen LogP contribution >= 0.6 is 0 Å². The second-order valence-corrected chi connectivity index (χ2v) is 12.2. The molecule has 0 fully saturated rings. The summed E-state index contributed by atoms with van der Waals surface area (Å²) >= 11 is 0. The van der Waals surface area contributed by atoms with E-state index in [1.165, 1.54) is 6.07 Å². The number of hydrogen-bond donors (Lipinski definition) is 5. The molecule has 0 radical (unpaired) electrons. The minimum atomic E-state index is -5.27. The lowest BCUT2D eigenvalue weighted by Crippen LogP contribution is -2.15. The summed E-state index contributed by atoms with van der Waals surface area (Å²) < 4.78 is 101. The SMILES string of the molecule is Nc1ccc(-c2ccccc2C(=O)Nc2ccc(S(=O)(=O)O)c3cc(S(=O)(=O)O)cc(S(=O)(=O)O)c23)cc1. The molecule has 0 bridgehead atoms. The van der Waals surface area contributed by atoms with E-state index in [1.807, 2.05) is 0 Å². The summed E-state index contributed by atoms with van der Waals surface area (Å²) in [4.78, 5) is 10.2. The molecule has 0 unspecified atom stereocenters. The van der Waals surface area contributed by atoms with Crippen LogP contribution in [0.2, 0.25) is 0 Å². The van der Waals surface area contributed by atoms with Crippen LogP contribution in [0.3, 0.4) is 0 Å². The Labute approximate surface area is 217 Å². The van der Waals surface area contributed by atoms with Gasteiger partial charge in [0, 0.05) is 22.0 Å². The van der Waals surface area contributed by atoms with Gasteiger partial charge in [0.25, 0.3) is 36.3 Å². The van der Waals surface area contributed by atoms with Gasteiger partial charge in [-0.3, -0.25) is 18.5 Å². The molecule has 0 heterocycles. The summed E-state index contributed by atoms with van der Waals surface area (Å²) in [5.74, 6) is -0.779. The molecule has 0 saturated carbocycles. The van der Waals surface area contributed by atoms with Crippen LogP contribution in [0.1, 0.15) is 10.4 Å². The van der Waals surface area contributed by atoms with E-state index in [9.17, 15) is 43.7 Å². The topological polar surface area (TPSA) is 218 Å². The van der Waals surface area contributed by atoms with Gasteiger partial charge in [-0.15, -0.1) is 0 Å². The lowest BCUT2D eigenvalue weighted by Gasteiger charge is -2.16. The molecular formula is C23H18N2O10S3. The second kappa shape index (κ2) is 9.46. The monoisotopic (exact) mass is 578 g/mol. The highest BCUT2D eigenvalue weighted by molar-refractivity contribution is 7.87. The third kappa shape index (κ3) is 5.38. The van der Waals surface area contributed by atoms with Crippen LogP contribution < -0.4 is 11.1 Å². The predicted molar refractivity (Wildman–Crippen MR) is 138 cm³/mol. The fourth-order valence-corrected chi connectivity index (χ4v) is 5.90. The largest absolute Gasteiger partial charge is 0.399 e. The van der Waals surface area contributed by atoms with E-state index in [-0.39, 0.29) is 11.3 Å². The van der Waals surface area contributed by atoms with Gasteiger partial charge in [-0.05, 0) is 53.6 Å². The van der Waals surface area contributed by atoms with E-state index < -0.39 is 61.7 Å². The zero-order chi connectivity index (χ0) is 28.0. The summed E-state index contributed by atoms with van der Waals surface area (Å²) in [7, 11) is -15.4. The highest BCUT2D eigenvalue weighted by atomic mass is 32.2. The third-order valence-electron chi connectivity index (χ3n) is 5.51. The van der Waals surface area contributed by atoms with E-state index in [0.717, 1.165) is 12.1 Å². The Morgan fingerprint density at radius 2 is 1.32 bits per heavy atom. The predicted octanol–water partition coefficient (Wildman–Crippen LogP) is 3.08. The smallest absolute Gasteiger partial charge is 0.295 e. The van der Waals surface area contributed by atoms with Gasteiger partial charge in [0.05, 0.1) is 10.6 Å². The summed E-state index contributed by atoms with van der Waals surface area (Å²) in [5.41, 5.74) is 7.07. The second-order valence-electron chi connectivity index (χ2n) is 8.00. The Kier molecular flexibility index (Phi) is 6.77. The molecule has 1 amide bonds. The van der Waals surface area contributed by atoms with Crippen LogP contribution in [0.4, 0.5) is 11.4 Å². The van der Waals surface area contributed by atoms with Gasteiger partial charge >= 0.3 is 0 Å². The van der Waals surface area contributed by atoms with E-state index in [4.69, 9.17) is 5.73 Å². The van der Waals surface area contributed by atoms with Crippen molar-refractivity contribution in [3.8, 4) is 11.1 Å². The molecule has 0 aliphatic rings. The molecular weight excluding hydrogens is 560 g/mol. The zero-order valence-corrected chi connectivity index (χ0v) is 21.4. The summed E-state index contributed by atoms with van der Waals surface area (Å²) in [6, 6.07) is 15.7. The Morgan fingerprint density at radius 3 is 1.89 bits per heavy atom. The number of amides is 1. The van der Waals surface area contributed by atoms with Gasteiger partial charge in [-0.1, -0.05) is 30.3 Å². The average Bonchev–Trinajstić information content (AvgIpc) is 2.82. The maximum Gasteiger partial charge on any atom is 0.295 e. The molecule has 12 nitrogen and oxygen atoms in total. The Morgan fingerprint density at radius 1 is 0.711 bits per heavy atom. The number of benzene rings is 4. The van der Waals surface area contributed by atoms with Gasteiger partial charge in [-0.25, -0.2) is 0 Å². The first-order chi connectivity index (χ1) is 17.6. The molecule has 0 aliphatic carbocycles. The number of nitrogen functional groups attached to an aromatic ring is 1. The molecule has 0 saturated heterocycles. The van der Waals surface area contributed by atoms with Gasteiger partial charge in [0.1, 0.15) is 9.79 Å².